The van der Waals surface area contributed by atoms with Crippen molar-refractivity contribution >= 4 is 93.0 Å². The topological polar surface area (TPSA) is 362 Å². The lowest BCUT2D eigenvalue weighted by molar-refractivity contribution is -0.141. The summed E-state index contributed by atoms with van der Waals surface area (Å²) in [6.07, 6.45) is -1.58. The minimum absolute atomic E-state index is 0.0398. The van der Waals surface area contributed by atoms with Gasteiger partial charge in [-0.15, -0.1) is 0 Å². The van der Waals surface area contributed by atoms with Crippen molar-refractivity contribution in [1.82, 2.24) is 53.2 Å². The van der Waals surface area contributed by atoms with Gasteiger partial charge in [-0.2, -0.15) is 0 Å². The molecule has 0 radical (unpaired) electrons. The Kier molecular flexibility index (Phi) is 31.0. The quantitative estimate of drug-likeness (QED) is 0.0192. The van der Waals surface area contributed by atoms with E-state index < -0.39 is 134 Å². The second kappa shape index (κ2) is 36.4. The Morgan fingerprint density at radius 2 is 0.744 bits per heavy atom. The monoisotopic (exact) mass is 1130 g/mol. The molecule has 0 bridgehead atoms. The highest BCUT2D eigenvalue weighted by Gasteiger charge is 2.31. The highest BCUT2D eigenvalue weighted by Crippen LogP contribution is 2.24. The molecule has 0 fully saturated rings. The summed E-state index contributed by atoms with van der Waals surface area (Å²) >= 11 is 0. The molecular formula is C50H72N10O16S2. The lowest BCUT2D eigenvalue weighted by Crippen LogP contribution is -2.56. The maximum atomic E-state index is 13.8. The average molecular weight is 1130 g/mol. The van der Waals surface area contributed by atoms with E-state index in [1.165, 1.54) is 13.8 Å². The number of esters is 2. The van der Waals surface area contributed by atoms with Gasteiger partial charge in [-0.25, -0.2) is 9.59 Å². The van der Waals surface area contributed by atoms with Gasteiger partial charge in [-0.3, -0.25) is 47.9 Å². The van der Waals surface area contributed by atoms with Gasteiger partial charge >= 0.3 is 24.1 Å². The second-order valence-corrected chi connectivity index (χ2v) is 20.6. The number of methoxy groups -OCH3 is 2. The van der Waals surface area contributed by atoms with Crippen LogP contribution in [0.2, 0.25) is 0 Å². The molecule has 2 aromatic rings. The van der Waals surface area contributed by atoms with Gasteiger partial charge < -0.3 is 72.1 Å². The summed E-state index contributed by atoms with van der Waals surface area (Å²) in [4.78, 5) is 155. The van der Waals surface area contributed by atoms with Crippen LogP contribution >= 0.6 is 21.6 Å². The van der Waals surface area contributed by atoms with Gasteiger partial charge in [-0.05, 0) is 49.7 Å². The first kappa shape index (κ1) is 66.5. The molecule has 0 aliphatic heterocycles. The van der Waals surface area contributed by atoms with Crippen molar-refractivity contribution in [3.8, 4) is 0 Å². The zero-order chi connectivity index (χ0) is 58.2. The summed E-state index contributed by atoms with van der Waals surface area (Å²) in [5, 5.41) is 24.5. The highest BCUT2D eigenvalue weighted by atomic mass is 33.1. The van der Waals surface area contributed by atoms with Gasteiger partial charge in [0.1, 0.15) is 62.6 Å². The fraction of sp³-hybridized carbons (Fsp3) is 0.520. The molecule has 28 heteroatoms. The molecule has 0 unspecified atom stereocenters. The fourth-order valence-corrected chi connectivity index (χ4v) is 8.73. The van der Waals surface area contributed by atoms with Crippen molar-refractivity contribution in [2.45, 2.75) is 104 Å². The highest BCUT2D eigenvalue weighted by molar-refractivity contribution is 8.76. The molecule has 0 saturated heterocycles. The standard InChI is InChI=1S/C50H72N10O16S2/c1-29(2)19-35(57-39(61)21-51-43(65)31(5)55-49(71)75-25-33-15-11-9-12-16-33)47(69)59-37(45(67)53-23-41(63)73-7)27-77-78-28-38(46(68)54-24-42(64)74-8)60-48(70)36(20-30(3)4)58-40(62)22-52-44(66)32(6)56-50(72)76-26-34-17-13-10-14-18-34/h9-18,29-32,35-38H,19-28H2,1-8H3,(H,51,65)(H,52,66)(H,53,67)(H,54,68)(H,55,71)(H,56,72)(H,57,61)(H,58,62)(H,59,69)(H,60,70)/t31-,32-,35-,36-,37-,38-/m0/s1. The summed E-state index contributed by atoms with van der Waals surface area (Å²) in [6.45, 7) is 7.45. The van der Waals surface area contributed by atoms with Crippen LogP contribution in [0.3, 0.4) is 0 Å². The molecule has 26 nitrogen and oxygen atoms in total. The van der Waals surface area contributed by atoms with Gasteiger partial charge in [0.15, 0.2) is 0 Å². The zero-order valence-electron chi connectivity index (χ0n) is 44.8. The number of amides is 10. The van der Waals surface area contributed by atoms with Crippen LogP contribution in [0, 0.1) is 11.8 Å². The molecule has 0 aliphatic carbocycles. The van der Waals surface area contributed by atoms with Crippen molar-refractivity contribution in [3.63, 3.8) is 0 Å². The van der Waals surface area contributed by atoms with E-state index >= 15 is 0 Å². The smallest absolute Gasteiger partial charge is 0.408 e. The zero-order valence-corrected chi connectivity index (χ0v) is 46.4. The molecular weight excluding hydrogens is 1060 g/mol. The number of alkyl carbamates (subject to hydrolysis) is 2. The molecule has 6 atom stereocenters. The Morgan fingerprint density at radius 1 is 0.410 bits per heavy atom. The summed E-state index contributed by atoms with van der Waals surface area (Å²) < 4.78 is 19.5. The number of carbonyl (C=O) groups excluding carboxylic acids is 12. The number of ether oxygens (including phenoxy) is 4. The first-order valence-corrected chi connectivity index (χ1v) is 27.1. The van der Waals surface area contributed by atoms with Crippen molar-refractivity contribution in [2.75, 3.05) is 51.9 Å². The van der Waals surface area contributed by atoms with E-state index in [-0.39, 0.29) is 49.4 Å². The molecule has 0 saturated carbocycles. The Morgan fingerprint density at radius 3 is 1.06 bits per heavy atom. The largest absolute Gasteiger partial charge is 0.468 e. The minimum Gasteiger partial charge on any atom is -0.468 e. The molecule has 0 spiro atoms. The van der Waals surface area contributed by atoms with E-state index in [1.807, 2.05) is 0 Å². The first-order valence-electron chi connectivity index (χ1n) is 24.6. The maximum absolute atomic E-state index is 13.8. The van der Waals surface area contributed by atoms with Crippen LogP contribution in [0.4, 0.5) is 9.59 Å². The van der Waals surface area contributed by atoms with Crippen molar-refractivity contribution < 1.29 is 76.5 Å². The summed E-state index contributed by atoms with van der Waals surface area (Å²) in [7, 11) is 4.13. The predicted octanol–water partition coefficient (Wildman–Crippen LogP) is -0.160. The van der Waals surface area contributed by atoms with Crippen LogP contribution in [0.25, 0.3) is 0 Å². The molecule has 2 rings (SSSR count). The van der Waals surface area contributed by atoms with Crippen LogP contribution in [-0.4, -0.2) is 160 Å². The Bertz CT molecular complexity index is 2170. The Hall–Kier alpha value is -7.62. The first-order chi connectivity index (χ1) is 37.0. The fourth-order valence-electron chi connectivity index (χ4n) is 6.40. The number of benzene rings is 2. The van der Waals surface area contributed by atoms with Gasteiger partial charge in [0.25, 0.3) is 0 Å². The molecule has 2 aromatic carbocycles. The van der Waals surface area contributed by atoms with Crippen molar-refractivity contribution in [2.24, 2.45) is 11.8 Å². The average Bonchev–Trinajstić information content (AvgIpc) is 3.41. The molecule has 0 heterocycles. The van der Waals surface area contributed by atoms with E-state index in [1.54, 1.807) is 88.4 Å². The van der Waals surface area contributed by atoms with Crippen LogP contribution < -0.4 is 53.2 Å². The lowest BCUT2D eigenvalue weighted by atomic mass is 10.0. The molecule has 0 aliphatic rings. The third kappa shape index (κ3) is 28.0. The van der Waals surface area contributed by atoms with Crippen LogP contribution in [0.15, 0.2) is 60.7 Å². The van der Waals surface area contributed by atoms with Gasteiger partial charge in [0.05, 0.1) is 27.3 Å². The number of nitrogens with one attached hydrogen (secondary N) is 10. The molecule has 10 amide bonds. The van der Waals surface area contributed by atoms with Crippen LogP contribution in [0.5, 0.6) is 0 Å². The number of rotatable bonds is 33. The van der Waals surface area contributed by atoms with Crippen molar-refractivity contribution in [3.05, 3.63) is 71.8 Å². The van der Waals surface area contributed by atoms with E-state index in [0.29, 0.717) is 0 Å². The lowest BCUT2D eigenvalue weighted by Gasteiger charge is -2.25. The molecule has 0 aromatic heterocycles. The van der Waals surface area contributed by atoms with E-state index in [4.69, 9.17) is 9.47 Å². The van der Waals surface area contributed by atoms with E-state index in [9.17, 15) is 57.5 Å². The SMILES string of the molecule is COC(=O)CNC(=O)[C@H](CSSC[C@H](NC(=O)[C@H](CC(C)C)NC(=O)CNC(=O)[C@H](C)NC(=O)OCc1ccccc1)C(=O)NCC(=O)OC)NC(=O)[C@H](CC(C)C)NC(=O)CNC(=O)[C@H](C)NC(=O)OCc1ccccc1. The van der Waals surface area contributed by atoms with Gasteiger partial charge in [0, 0.05) is 11.5 Å². The predicted molar refractivity (Wildman–Crippen MR) is 286 cm³/mol. The number of carbonyl (C=O) groups is 12. The van der Waals surface area contributed by atoms with E-state index in [2.05, 4.69) is 62.6 Å². The van der Waals surface area contributed by atoms with E-state index in [0.717, 1.165) is 46.9 Å². The molecule has 78 heavy (non-hydrogen) atoms. The second-order valence-electron chi connectivity index (χ2n) is 18.1. The van der Waals surface area contributed by atoms with Crippen molar-refractivity contribution in [1.29, 1.82) is 0 Å². The molecule has 430 valence electrons. The minimum atomic E-state index is -1.38. The van der Waals surface area contributed by atoms with Gasteiger partial charge in [0.2, 0.25) is 47.3 Å². The maximum Gasteiger partial charge on any atom is 0.408 e. The van der Waals surface area contributed by atoms with Crippen LogP contribution in [0.1, 0.15) is 65.5 Å². The van der Waals surface area contributed by atoms with Crippen LogP contribution in [-0.2, 0) is 80.1 Å². The summed E-state index contributed by atoms with van der Waals surface area (Å²) in [6, 6.07) is 10.3. The molecule has 10 N–H and O–H groups in total. The summed E-state index contributed by atoms with van der Waals surface area (Å²) in [5.74, 6) is -8.67. The third-order valence-electron chi connectivity index (χ3n) is 10.5. The summed E-state index contributed by atoms with van der Waals surface area (Å²) in [5.41, 5.74) is 1.45. The normalized spacial score (nSPS) is 13.0. The number of hydrogen-bond acceptors (Lipinski definition) is 18. The third-order valence-corrected chi connectivity index (χ3v) is 13.0. The van der Waals surface area contributed by atoms with Gasteiger partial charge in [-0.1, -0.05) is 110 Å². The Labute approximate surface area is 460 Å². The Balaban J connectivity index is 2.12. The number of hydrogen-bond donors (Lipinski definition) is 10.